The predicted molar refractivity (Wildman–Crippen MR) is 90.3 cm³/mol. The smallest absolute Gasteiger partial charge is 0.143 e. The molecular weight excluding hydrogens is 260 g/mol. The third-order valence-corrected chi connectivity index (χ3v) is 4.39. The highest BCUT2D eigenvalue weighted by atomic mass is 16.5. The second-order valence-corrected chi connectivity index (χ2v) is 6.86. The maximum Gasteiger partial charge on any atom is 0.143 e. The number of hydrogen-bond donors (Lipinski definition) is 1. The van der Waals surface area contributed by atoms with E-state index in [1.165, 1.54) is 11.3 Å². The summed E-state index contributed by atoms with van der Waals surface area (Å²) < 4.78 is 6.19. The molecular formula is C18H30N2O. The van der Waals surface area contributed by atoms with Crippen LogP contribution in [-0.4, -0.2) is 25.2 Å². The molecule has 0 saturated carbocycles. The summed E-state index contributed by atoms with van der Waals surface area (Å²) in [7, 11) is 0. The third kappa shape index (κ3) is 3.70. The highest BCUT2D eigenvalue weighted by molar-refractivity contribution is 5.62. The van der Waals surface area contributed by atoms with Gasteiger partial charge in [0.1, 0.15) is 11.9 Å². The van der Waals surface area contributed by atoms with Crippen LogP contribution in [0.25, 0.3) is 0 Å². The Labute approximate surface area is 129 Å². The molecule has 0 radical (unpaired) electrons. The van der Waals surface area contributed by atoms with Crippen molar-refractivity contribution in [2.24, 2.45) is 11.7 Å². The van der Waals surface area contributed by atoms with Crippen LogP contribution in [0.2, 0.25) is 0 Å². The van der Waals surface area contributed by atoms with Gasteiger partial charge in [0.25, 0.3) is 0 Å². The van der Waals surface area contributed by atoms with Gasteiger partial charge in [0, 0.05) is 12.6 Å². The Morgan fingerprint density at radius 1 is 1.29 bits per heavy atom. The van der Waals surface area contributed by atoms with E-state index in [1.807, 2.05) is 0 Å². The molecule has 0 spiro atoms. The monoisotopic (exact) mass is 290 g/mol. The Balaban J connectivity index is 2.33. The van der Waals surface area contributed by atoms with Crippen LogP contribution < -0.4 is 15.4 Å². The van der Waals surface area contributed by atoms with E-state index in [1.54, 1.807) is 0 Å². The Kier molecular flexibility index (Phi) is 5.15. The van der Waals surface area contributed by atoms with Crippen LogP contribution in [0.3, 0.4) is 0 Å². The summed E-state index contributed by atoms with van der Waals surface area (Å²) in [6, 6.07) is 6.80. The van der Waals surface area contributed by atoms with Gasteiger partial charge in [-0.15, -0.1) is 0 Å². The van der Waals surface area contributed by atoms with Crippen molar-refractivity contribution in [1.82, 2.24) is 0 Å². The first kappa shape index (κ1) is 16.2. The topological polar surface area (TPSA) is 38.5 Å². The van der Waals surface area contributed by atoms with Crippen molar-refractivity contribution in [3.05, 3.63) is 23.8 Å². The zero-order chi connectivity index (χ0) is 15.6. The summed E-state index contributed by atoms with van der Waals surface area (Å²) in [4.78, 5) is 2.42. The molecule has 1 aliphatic heterocycles. The maximum absolute atomic E-state index is 6.20. The summed E-state index contributed by atoms with van der Waals surface area (Å²) in [6.45, 7) is 12.9. The lowest BCUT2D eigenvalue weighted by Crippen LogP contribution is -2.47. The first-order valence-electron chi connectivity index (χ1n) is 8.23. The molecule has 118 valence electrons. The summed E-state index contributed by atoms with van der Waals surface area (Å²) in [5.74, 6) is 2.04. The molecule has 0 bridgehead atoms. The molecule has 1 aromatic rings. The lowest BCUT2D eigenvalue weighted by Gasteiger charge is -2.39. The van der Waals surface area contributed by atoms with Crippen molar-refractivity contribution in [2.75, 3.05) is 18.0 Å². The van der Waals surface area contributed by atoms with Crippen molar-refractivity contribution in [1.29, 1.82) is 0 Å². The van der Waals surface area contributed by atoms with Crippen molar-refractivity contribution in [3.8, 4) is 5.75 Å². The second-order valence-electron chi connectivity index (χ2n) is 6.86. The van der Waals surface area contributed by atoms with E-state index in [2.05, 4.69) is 57.7 Å². The van der Waals surface area contributed by atoms with E-state index >= 15 is 0 Å². The number of nitrogens with zero attached hydrogens (tertiary/aromatic N) is 1. The molecule has 0 aromatic heterocycles. The zero-order valence-electron chi connectivity index (χ0n) is 14.1. The molecule has 1 heterocycles. The zero-order valence-corrected chi connectivity index (χ0v) is 14.1. The highest BCUT2D eigenvalue weighted by Crippen LogP contribution is 2.37. The fourth-order valence-electron chi connectivity index (χ4n) is 2.69. The van der Waals surface area contributed by atoms with E-state index in [0.29, 0.717) is 11.8 Å². The Bertz CT molecular complexity index is 470. The molecule has 2 atom stereocenters. The van der Waals surface area contributed by atoms with Crippen molar-refractivity contribution in [2.45, 2.75) is 59.1 Å². The van der Waals surface area contributed by atoms with E-state index in [-0.39, 0.29) is 12.1 Å². The van der Waals surface area contributed by atoms with Gasteiger partial charge >= 0.3 is 0 Å². The molecule has 3 nitrogen and oxygen atoms in total. The van der Waals surface area contributed by atoms with Gasteiger partial charge in [0.05, 0.1) is 12.2 Å². The summed E-state index contributed by atoms with van der Waals surface area (Å²) in [6.07, 6.45) is 1.24. The van der Waals surface area contributed by atoms with Crippen LogP contribution in [0.15, 0.2) is 18.2 Å². The van der Waals surface area contributed by atoms with E-state index in [0.717, 1.165) is 25.3 Å². The SMILES string of the molecule is CCC(N)CN1CC(C(C)C)Oc2ccc(C(C)C)cc21. The van der Waals surface area contributed by atoms with Gasteiger partial charge in [-0.05, 0) is 36.0 Å². The fraction of sp³-hybridized carbons (Fsp3) is 0.667. The first-order valence-corrected chi connectivity index (χ1v) is 8.23. The van der Waals surface area contributed by atoms with Gasteiger partial charge < -0.3 is 15.4 Å². The summed E-state index contributed by atoms with van der Waals surface area (Å²) >= 11 is 0. The lowest BCUT2D eigenvalue weighted by molar-refractivity contribution is 0.145. The van der Waals surface area contributed by atoms with E-state index in [4.69, 9.17) is 10.5 Å². The van der Waals surface area contributed by atoms with Gasteiger partial charge in [-0.25, -0.2) is 0 Å². The van der Waals surface area contributed by atoms with Crippen LogP contribution in [0.1, 0.15) is 52.5 Å². The quantitative estimate of drug-likeness (QED) is 0.897. The maximum atomic E-state index is 6.20. The van der Waals surface area contributed by atoms with Crippen molar-refractivity contribution >= 4 is 5.69 Å². The number of anilines is 1. The molecule has 2 N–H and O–H groups in total. The minimum Gasteiger partial charge on any atom is -0.486 e. The predicted octanol–water partition coefficient (Wildman–Crippen LogP) is 3.77. The molecule has 1 aliphatic rings. The van der Waals surface area contributed by atoms with Crippen LogP contribution in [0.4, 0.5) is 5.69 Å². The highest BCUT2D eigenvalue weighted by Gasteiger charge is 2.28. The normalized spacial score (nSPS) is 19.6. The Hall–Kier alpha value is -1.22. The fourth-order valence-corrected chi connectivity index (χ4v) is 2.69. The summed E-state index contributed by atoms with van der Waals surface area (Å²) in [5, 5.41) is 0. The molecule has 0 amide bonds. The molecule has 21 heavy (non-hydrogen) atoms. The molecule has 1 aromatic carbocycles. The summed E-state index contributed by atoms with van der Waals surface area (Å²) in [5.41, 5.74) is 8.76. The first-order chi connectivity index (χ1) is 9.92. The van der Waals surface area contributed by atoms with Gasteiger partial charge in [-0.2, -0.15) is 0 Å². The van der Waals surface area contributed by atoms with Crippen molar-refractivity contribution in [3.63, 3.8) is 0 Å². The largest absolute Gasteiger partial charge is 0.486 e. The Morgan fingerprint density at radius 2 is 2.00 bits per heavy atom. The number of rotatable bonds is 5. The average Bonchev–Trinajstić information content (AvgIpc) is 2.46. The minimum absolute atomic E-state index is 0.214. The van der Waals surface area contributed by atoms with Crippen LogP contribution in [-0.2, 0) is 0 Å². The Morgan fingerprint density at radius 3 is 2.57 bits per heavy atom. The number of hydrogen-bond acceptors (Lipinski definition) is 3. The number of benzene rings is 1. The van der Waals surface area contributed by atoms with Crippen molar-refractivity contribution < 1.29 is 4.74 Å². The van der Waals surface area contributed by atoms with Gasteiger partial charge in [0.15, 0.2) is 0 Å². The molecule has 2 rings (SSSR count). The third-order valence-electron chi connectivity index (χ3n) is 4.39. The number of nitrogens with two attached hydrogens (primary N) is 1. The van der Waals surface area contributed by atoms with Gasteiger partial charge in [-0.3, -0.25) is 0 Å². The number of fused-ring (bicyclic) bond motifs is 1. The van der Waals surface area contributed by atoms with E-state index < -0.39 is 0 Å². The minimum atomic E-state index is 0.214. The average molecular weight is 290 g/mol. The molecule has 2 unspecified atom stereocenters. The van der Waals surface area contributed by atoms with Crippen LogP contribution in [0.5, 0.6) is 5.75 Å². The molecule has 0 aliphatic carbocycles. The molecule has 0 fully saturated rings. The van der Waals surface area contributed by atoms with Crippen LogP contribution in [0, 0.1) is 5.92 Å². The number of ether oxygens (including phenoxy) is 1. The standard InChI is InChI=1S/C18H30N2O/c1-6-15(19)10-20-11-18(13(4)5)21-17-8-7-14(12(2)3)9-16(17)20/h7-9,12-13,15,18H,6,10-11,19H2,1-5H3. The molecule has 0 saturated heterocycles. The lowest BCUT2D eigenvalue weighted by atomic mass is 9.99. The van der Waals surface area contributed by atoms with Gasteiger partial charge in [-0.1, -0.05) is 40.7 Å². The molecule has 3 heteroatoms. The second kappa shape index (κ2) is 6.69. The van der Waals surface area contributed by atoms with Gasteiger partial charge in [0.2, 0.25) is 0 Å². The van der Waals surface area contributed by atoms with E-state index in [9.17, 15) is 0 Å². The van der Waals surface area contributed by atoms with Crippen LogP contribution >= 0.6 is 0 Å².